The molecule has 0 saturated carbocycles. The Kier molecular flexibility index (Phi) is 9.34. The lowest BCUT2D eigenvalue weighted by molar-refractivity contribution is -0.168. The number of thiazole rings is 1. The number of carbonyl (C=O) groups is 4. The van der Waals surface area contributed by atoms with Crippen LogP contribution in [0.4, 0.5) is 5.13 Å². The molecule has 2 amide bonds. The number of halogens is 1. The summed E-state index contributed by atoms with van der Waals surface area (Å²) in [5.74, 6) is -2.44. The van der Waals surface area contributed by atoms with Gasteiger partial charge in [0.25, 0.3) is 11.8 Å². The Hall–Kier alpha value is -2.84. The van der Waals surface area contributed by atoms with Crippen LogP contribution in [0.3, 0.4) is 0 Å². The van der Waals surface area contributed by atoms with Crippen LogP contribution in [0.25, 0.3) is 0 Å². The van der Waals surface area contributed by atoms with Crippen LogP contribution in [-0.4, -0.2) is 70.4 Å². The number of β-lactam (4-membered cyclic amide) rings is 1. The van der Waals surface area contributed by atoms with E-state index in [9.17, 15) is 19.2 Å². The highest BCUT2D eigenvalue weighted by Gasteiger charge is 2.54. The van der Waals surface area contributed by atoms with E-state index in [0.717, 1.165) is 29.1 Å². The van der Waals surface area contributed by atoms with Gasteiger partial charge in [-0.1, -0.05) is 36.5 Å². The quantitative estimate of drug-likeness (QED) is 0.104. The predicted octanol–water partition coefficient (Wildman–Crippen LogP) is 1.55. The van der Waals surface area contributed by atoms with Crippen LogP contribution in [-0.2, 0) is 33.5 Å². The molecular weight excluding hydrogens is 522 g/mol. The van der Waals surface area contributed by atoms with Crippen LogP contribution in [0.1, 0.15) is 38.3 Å². The van der Waals surface area contributed by atoms with Crippen molar-refractivity contribution in [3.63, 3.8) is 0 Å². The molecule has 2 atom stereocenters. The van der Waals surface area contributed by atoms with E-state index in [0.29, 0.717) is 6.42 Å². The van der Waals surface area contributed by atoms with Gasteiger partial charge in [0.1, 0.15) is 29.9 Å². The van der Waals surface area contributed by atoms with E-state index >= 15 is 0 Å². The van der Waals surface area contributed by atoms with Gasteiger partial charge in [0.15, 0.2) is 10.8 Å². The van der Waals surface area contributed by atoms with Crippen molar-refractivity contribution in [3.05, 3.63) is 21.8 Å². The van der Waals surface area contributed by atoms with E-state index in [1.165, 1.54) is 24.3 Å². The van der Waals surface area contributed by atoms with Gasteiger partial charge in [-0.25, -0.2) is 9.78 Å². The minimum absolute atomic E-state index is 0.114. The fraction of sp³-hybridized carbons (Fsp3) is 0.500. The largest absolute Gasteiger partial charge is 0.428 e. The number of esters is 2. The molecule has 0 aliphatic carbocycles. The number of anilines is 1. The number of nitrogen functional groups attached to an aromatic ring is 1. The van der Waals surface area contributed by atoms with Crippen LogP contribution in [0.5, 0.6) is 0 Å². The molecule has 35 heavy (non-hydrogen) atoms. The normalized spacial score (nSPS) is 19.6. The third-order valence-corrected chi connectivity index (χ3v) is 7.38. The molecule has 3 rings (SSSR count). The molecular formula is C20H24ClN5O7S2. The number of hydrogen-bond acceptors (Lipinski definition) is 12. The summed E-state index contributed by atoms with van der Waals surface area (Å²) in [5, 5.41) is 7.56. The summed E-state index contributed by atoms with van der Waals surface area (Å²) in [6.07, 6.45) is 2.75. The average Bonchev–Trinajstić information content (AvgIpc) is 3.26. The van der Waals surface area contributed by atoms with Gasteiger partial charge in [-0.2, -0.15) is 0 Å². The van der Waals surface area contributed by atoms with Crippen molar-refractivity contribution >= 4 is 69.3 Å². The van der Waals surface area contributed by atoms with E-state index in [2.05, 4.69) is 15.5 Å². The molecule has 190 valence electrons. The summed E-state index contributed by atoms with van der Waals surface area (Å²) in [6, 6.07) is -0.950. The van der Waals surface area contributed by atoms with Crippen LogP contribution in [0.15, 0.2) is 21.3 Å². The highest BCUT2D eigenvalue weighted by atomic mass is 35.5. The van der Waals surface area contributed by atoms with Crippen LogP contribution in [0, 0.1) is 0 Å². The molecule has 1 aromatic heterocycles. The Morgan fingerprint density at radius 3 is 2.77 bits per heavy atom. The molecule has 2 aliphatic rings. The number of nitrogens with two attached hydrogens (primary N) is 1. The van der Waals surface area contributed by atoms with Gasteiger partial charge in [-0.05, 0) is 6.42 Å². The maximum absolute atomic E-state index is 12.8. The average molecular weight is 546 g/mol. The minimum Gasteiger partial charge on any atom is -0.428 e. The second-order valence-electron chi connectivity index (χ2n) is 7.33. The Morgan fingerprint density at radius 2 is 2.11 bits per heavy atom. The predicted molar refractivity (Wildman–Crippen MR) is 129 cm³/mol. The standard InChI is InChI=1S/C20H24ClN5O7S2/c1-3-4-5-6-12(27)32-9-33-19(30)15-10(21)7-34-18-14(17(29)26(15)18)24-16(28)13(25-31-2)11-8-35-20(22)23-11/h8,14,18H,3-7,9H2,1-2H3,(H2,22,23)(H,24,28)/t14?,18-/m0/s1. The second-order valence-corrected chi connectivity index (χ2v) is 9.78. The topological polar surface area (TPSA) is 163 Å². The number of carbonyl (C=O) groups excluding carboxylic acids is 4. The second kappa shape index (κ2) is 12.2. The number of thioether (sulfide) groups is 1. The maximum atomic E-state index is 12.8. The first kappa shape index (κ1) is 26.8. The van der Waals surface area contributed by atoms with Crippen LogP contribution >= 0.6 is 34.7 Å². The van der Waals surface area contributed by atoms with Crippen molar-refractivity contribution < 1.29 is 33.5 Å². The number of hydrogen-bond donors (Lipinski definition) is 2. The lowest BCUT2D eigenvalue weighted by Crippen LogP contribution is -2.71. The van der Waals surface area contributed by atoms with Crippen molar-refractivity contribution in [2.24, 2.45) is 5.16 Å². The Labute approximate surface area is 214 Å². The third-order valence-electron chi connectivity index (χ3n) is 4.96. The SMILES string of the molecule is CCCCCC(=O)OCOC(=O)C1=C(Cl)CS[C@H]2C(NC(=O)C(=NOC)c3csc(N)n3)C(=O)N12. The zero-order valence-corrected chi connectivity index (χ0v) is 21.3. The van der Waals surface area contributed by atoms with Gasteiger partial charge in [0.05, 0.1) is 5.03 Å². The van der Waals surface area contributed by atoms with Crippen molar-refractivity contribution in [1.29, 1.82) is 0 Å². The number of fused-ring (bicyclic) bond motifs is 1. The molecule has 0 spiro atoms. The first-order chi connectivity index (χ1) is 16.8. The lowest BCUT2D eigenvalue weighted by Gasteiger charge is -2.48. The van der Waals surface area contributed by atoms with E-state index in [-0.39, 0.29) is 39.4 Å². The number of oxime groups is 1. The molecule has 3 heterocycles. The van der Waals surface area contributed by atoms with E-state index < -0.39 is 42.0 Å². The molecule has 1 fully saturated rings. The van der Waals surface area contributed by atoms with Crippen LogP contribution < -0.4 is 11.1 Å². The van der Waals surface area contributed by atoms with Crippen molar-refractivity contribution in [2.45, 2.75) is 44.0 Å². The van der Waals surface area contributed by atoms with Gasteiger partial charge in [-0.15, -0.1) is 23.1 Å². The van der Waals surface area contributed by atoms with Crippen LogP contribution in [0.2, 0.25) is 0 Å². The zero-order chi connectivity index (χ0) is 25.5. The van der Waals surface area contributed by atoms with Gasteiger partial charge >= 0.3 is 11.9 Å². The first-order valence-corrected chi connectivity index (χ1v) is 12.9. The monoisotopic (exact) mass is 545 g/mol. The summed E-state index contributed by atoms with van der Waals surface area (Å²) < 4.78 is 9.91. The Balaban J connectivity index is 1.60. The van der Waals surface area contributed by atoms with Crippen molar-refractivity contribution in [3.8, 4) is 0 Å². The van der Waals surface area contributed by atoms with E-state index in [4.69, 9.17) is 31.6 Å². The maximum Gasteiger partial charge on any atom is 0.359 e. The molecule has 0 bridgehead atoms. The molecule has 1 aromatic rings. The Bertz CT molecular complexity index is 1060. The zero-order valence-electron chi connectivity index (χ0n) is 18.9. The molecule has 1 saturated heterocycles. The van der Waals surface area contributed by atoms with Gasteiger partial charge < -0.3 is 25.4 Å². The van der Waals surface area contributed by atoms with Gasteiger partial charge in [0, 0.05) is 17.6 Å². The fourth-order valence-electron chi connectivity index (χ4n) is 3.28. The number of nitrogens with one attached hydrogen (secondary N) is 1. The summed E-state index contributed by atoms with van der Waals surface area (Å²) in [5.41, 5.74) is 5.52. The molecule has 15 heteroatoms. The summed E-state index contributed by atoms with van der Waals surface area (Å²) in [7, 11) is 1.27. The summed E-state index contributed by atoms with van der Waals surface area (Å²) in [4.78, 5) is 59.8. The molecule has 2 aliphatic heterocycles. The number of rotatable bonds is 11. The highest BCUT2D eigenvalue weighted by Crippen LogP contribution is 2.41. The number of amides is 2. The minimum atomic E-state index is -0.950. The summed E-state index contributed by atoms with van der Waals surface area (Å²) >= 11 is 8.59. The first-order valence-electron chi connectivity index (χ1n) is 10.6. The summed E-state index contributed by atoms with van der Waals surface area (Å²) in [6.45, 7) is 1.42. The number of unbranched alkanes of at least 4 members (excludes halogenated alkanes) is 2. The highest BCUT2D eigenvalue weighted by molar-refractivity contribution is 8.00. The number of ether oxygens (including phenoxy) is 2. The fourth-order valence-corrected chi connectivity index (χ4v) is 5.38. The molecule has 12 nitrogen and oxygen atoms in total. The number of nitrogens with zero attached hydrogens (tertiary/aromatic N) is 3. The molecule has 3 N–H and O–H groups in total. The van der Waals surface area contributed by atoms with Gasteiger partial charge in [0.2, 0.25) is 6.79 Å². The lowest BCUT2D eigenvalue weighted by atomic mass is 10.0. The smallest absolute Gasteiger partial charge is 0.359 e. The van der Waals surface area contributed by atoms with Crippen molar-refractivity contribution in [1.82, 2.24) is 15.2 Å². The molecule has 0 aromatic carbocycles. The third kappa shape index (κ3) is 6.24. The van der Waals surface area contributed by atoms with E-state index in [1.807, 2.05) is 6.92 Å². The van der Waals surface area contributed by atoms with E-state index in [1.54, 1.807) is 0 Å². The van der Waals surface area contributed by atoms with Gasteiger partial charge in [-0.3, -0.25) is 19.3 Å². The molecule has 1 unspecified atom stereocenters. The number of aromatic nitrogens is 1. The Morgan fingerprint density at radius 1 is 1.34 bits per heavy atom. The molecule has 0 radical (unpaired) electrons. The van der Waals surface area contributed by atoms with Crippen molar-refractivity contribution in [2.75, 3.05) is 25.4 Å².